The lowest BCUT2D eigenvalue weighted by Gasteiger charge is -2.18. The second-order valence-corrected chi connectivity index (χ2v) is 6.75. The van der Waals surface area contributed by atoms with Crippen molar-refractivity contribution in [3.63, 3.8) is 0 Å². The molecule has 1 amide bonds. The van der Waals surface area contributed by atoms with Crippen molar-refractivity contribution in [3.8, 4) is 11.3 Å². The first-order valence-electron chi connectivity index (χ1n) is 9.15. The SMILES string of the molecule is C=COC(=NC)C(=O)C(Cc1ccccc1)NC(=O)c1nsnc1-c1ccccc1. The third-order valence-electron chi connectivity index (χ3n) is 4.26. The molecule has 1 aromatic heterocycles. The van der Waals surface area contributed by atoms with Gasteiger partial charge in [0.15, 0.2) is 5.69 Å². The van der Waals surface area contributed by atoms with Gasteiger partial charge < -0.3 is 10.1 Å². The second-order valence-electron chi connectivity index (χ2n) is 6.22. The number of amides is 1. The summed E-state index contributed by atoms with van der Waals surface area (Å²) in [4.78, 5) is 29.9. The van der Waals surface area contributed by atoms with Crippen LogP contribution in [0.2, 0.25) is 0 Å². The number of hydrogen-bond acceptors (Lipinski definition) is 7. The smallest absolute Gasteiger partial charge is 0.273 e. The Morgan fingerprint density at radius 3 is 2.43 bits per heavy atom. The molecule has 152 valence electrons. The van der Waals surface area contributed by atoms with E-state index in [0.29, 0.717) is 5.69 Å². The molecule has 0 bridgehead atoms. The summed E-state index contributed by atoms with van der Waals surface area (Å²) in [6, 6.07) is 17.8. The van der Waals surface area contributed by atoms with Gasteiger partial charge in [0.25, 0.3) is 11.8 Å². The van der Waals surface area contributed by atoms with Crippen molar-refractivity contribution in [2.24, 2.45) is 4.99 Å². The quantitative estimate of drug-likeness (QED) is 0.343. The Labute approximate surface area is 178 Å². The highest BCUT2D eigenvalue weighted by atomic mass is 32.1. The number of hydrogen-bond donors (Lipinski definition) is 1. The van der Waals surface area contributed by atoms with E-state index in [1.807, 2.05) is 60.7 Å². The molecule has 0 fully saturated rings. The van der Waals surface area contributed by atoms with Crippen LogP contribution < -0.4 is 5.32 Å². The molecular formula is C22H20N4O3S. The maximum Gasteiger partial charge on any atom is 0.273 e. The van der Waals surface area contributed by atoms with E-state index in [9.17, 15) is 9.59 Å². The Bertz CT molecular complexity index is 1050. The second kappa shape index (κ2) is 10.2. The summed E-state index contributed by atoms with van der Waals surface area (Å²) in [6.45, 7) is 3.46. The molecule has 1 heterocycles. The first kappa shape index (κ1) is 21.1. The van der Waals surface area contributed by atoms with E-state index in [1.54, 1.807) is 0 Å². The minimum atomic E-state index is -0.899. The molecule has 0 spiro atoms. The Balaban J connectivity index is 1.88. The number of carbonyl (C=O) groups excluding carboxylic acids is 2. The first-order valence-corrected chi connectivity index (χ1v) is 9.88. The lowest BCUT2D eigenvalue weighted by molar-refractivity contribution is -0.115. The van der Waals surface area contributed by atoms with Crippen LogP contribution in [0.5, 0.6) is 0 Å². The third kappa shape index (κ3) is 5.03. The molecule has 0 saturated carbocycles. The van der Waals surface area contributed by atoms with Crippen molar-refractivity contribution in [2.45, 2.75) is 12.5 Å². The molecular weight excluding hydrogens is 400 g/mol. The molecule has 1 unspecified atom stereocenters. The average molecular weight is 420 g/mol. The van der Waals surface area contributed by atoms with Gasteiger partial charge in [-0.05, 0) is 5.56 Å². The fourth-order valence-electron chi connectivity index (χ4n) is 2.86. The van der Waals surface area contributed by atoms with E-state index in [-0.39, 0.29) is 18.0 Å². The minimum absolute atomic E-state index is 0.133. The van der Waals surface area contributed by atoms with Crippen LogP contribution in [-0.4, -0.2) is 39.4 Å². The average Bonchev–Trinajstić information content (AvgIpc) is 3.28. The van der Waals surface area contributed by atoms with Gasteiger partial charge in [0.2, 0.25) is 5.78 Å². The summed E-state index contributed by atoms with van der Waals surface area (Å²) in [5.41, 5.74) is 2.28. The summed E-state index contributed by atoms with van der Waals surface area (Å²) in [7, 11) is 1.44. The highest BCUT2D eigenvalue weighted by Crippen LogP contribution is 2.21. The number of nitrogens with one attached hydrogen (secondary N) is 1. The summed E-state index contributed by atoms with van der Waals surface area (Å²) >= 11 is 0.940. The molecule has 3 aromatic rings. The Morgan fingerprint density at radius 2 is 1.80 bits per heavy atom. The fraction of sp³-hybridized carbons (Fsp3) is 0.136. The van der Waals surface area contributed by atoms with Crippen molar-refractivity contribution in [3.05, 3.63) is 84.8 Å². The van der Waals surface area contributed by atoms with Crippen molar-refractivity contribution in [1.29, 1.82) is 0 Å². The number of ether oxygens (including phenoxy) is 1. The molecule has 8 heteroatoms. The minimum Gasteiger partial charge on any atom is -0.445 e. The maximum absolute atomic E-state index is 13.0. The first-order chi connectivity index (χ1) is 14.6. The van der Waals surface area contributed by atoms with Crippen LogP contribution in [0, 0.1) is 0 Å². The van der Waals surface area contributed by atoms with Crippen molar-refractivity contribution in [1.82, 2.24) is 14.1 Å². The number of aromatic nitrogens is 2. The number of benzene rings is 2. The van der Waals surface area contributed by atoms with Crippen LogP contribution >= 0.6 is 11.7 Å². The third-order valence-corrected chi connectivity index (χ3v) is 4.79. The lowest BCUT2D eigenvalue weighted by Crippen LogP contribution is -2.46. The Morgan fingerprint density at radius 1 is 1.13 bits per heavy atom. The molecule has 0 aliphatic heterocycles. The molecule has 0 saturated heterocycles. The van der Waals surface area contributed by atoms with Gasteiger partial charge in [-0.1, -0.05) is 67.2 Å². The molecule has 0 radical (unpaired) electrons. The van der Waals surface area contributed by atoms with Gasteiger partial charge in [0.1, 0.15) is 11.7 Å². The molecule has 0 aliphatic rings. The molecule has 30 heavy (non-hydrogen) atoms. The van der Waals surface area contributed by atoms with Crippen LogP contribution in [-0.2, 0) is 16.0 Å². The lowest BCUT2D eigenvalue weighted by atomic mass is 10.0. The highest BCUT2D eigenvalue weighted by Gasteiger charge is 2.29. The number of ketones is 1. The normalized spacial score (nSPS) is 12.1. The van der Waals surface area contributed by atoms with Crippen LogP contribution in [0.25, 0.3) is 11.3 Å². The molecule has 1 atom stereocenters. The Kier molecular flexibility index (Phi) is 7.18. The van der Waals surface area contributed by atoms with Gasteiger partial charge in [-0.2, -0.15) is 8.75 Å². The maximum atomic E-state index is 13.0. The number of Topliss-reactive ketones (excluding diaryl/α,β-unsaturated/α-hetero) is 1. The van der Waals surface area contributed by atoms with Crippen molar-refractivity contribution < 1.29 is 14.3 Å². The predicted molar refractivity (Wildman–Crippen MR) is 116 cm³/mol. The monoisotopic (exact) mass is 420 g/mol. The van der Waals surface area contributed by atoms with Gasteiger partial charge in [-0.25, -0.2) is 0 Å². The molecule has 2 aromatic carbocycles. The number of nitrogens with zero attached hydrogens (tertiary/aromatic N) is 3. The van der Waals surface area contributed by atoms with E-state index in [4.69, 9.17) is 4.74 Å². The van der Waals surface area contributed by atoms with E-state index in [0.717, 1.165) is 29.1 Å². The highest BCUT2D eigenvalue weighted by molar-refractivity contribution is 6.99. The van der Waals surface area contributed by atoms with Crippen LogP contribution in [0.15, 0.2) is 78.5 Å². The zero-order valence-corrected chi connectivity index (χ0v) is 17.1. The van der Waals surface area contributed by atoms with Gasteiger partial charge >= 0.3 is 0 Å². The van der Waals surface area contributed by atoms with Gasteiger partial charge in [-0.3, -0.25) is 14.6 Å². The summed E-state index contributed by atoms with van der Waals surface area (Å²) in [5, 5.41) is 2.77. The van der Waals surface area contributed by atoms with Crippen molar-refractivity contribution >= 4 is 29.3 Å². The summed E-state index contributed by atoms with van der Waals surface area (Å²) < 4.78 is 13.5. The molecule has 1 N–H and O–H groups in total. The fourth-order valence-corrected chi connectivity index (χ4v) is 3.42. The number of rotatable bonds is 8. The van der Waals surface area contributed by atoms with Crippen LogP contribution in [0.1, 0.15) is 16.1 Å². The standard InChI is InChI=1S/C22H20N4O3S/c1-3-29-22(23-2)20(27)17(14-15-10-6-4-7-11-15)24-21(28)19-18(25-30-26-19)16-12-8-5-9-13-16/h3-13,17H,1,14H2,2H3,(H,24,28). The molecule has 7 nitrogen and oxygen atoms in total. The molecule has 0 aliphatic carbocycles. The molecule has 3 rings (SSSR count). The Hall–Kier alpha value is -3.65. The van der Waals surface area contributed by atoms with Crippen LogP contribution in [0.4, 0.5) is 0 Å². The van der Waals surface area contributed by atoms with Crippen molar-refractivity contribution in [2.75, 3.05) is 7.05 Å². The number of carbonyl (C=O) groups is 2. The summed E-state index contributed by atoms with van der Waals surface area (Å²) in [6.07, 6.45) is 1.39. The van der Waals surface area contributed by atoms with E-state index < -0.39 is 17.7 Å². The summed E-state index contributed by atoms with van der Waals surface area (Å²) in [5.74, 6) is -1.09. The zero-order valence-electron chi connectivity index (χ0n) is 16.3. The van der Waals surface area contributed by atoms with E-state index >= 15 is 0 Å². The van der Waals surface area contributed by atoms with E-state index in [2.05, 4.69) is 25.6 Å². The van der Waals surface area contributed by atoms with Gasteiger partial charge in [-0.15, -0.1) is 0 Å². The topological polar surface area (TPSA) is 93.5 Å². The van der Waals surface area contributed by atoms with Gasteiger partial charge in [0, 0.05) is 19.0 Å². The van der Waals surface area contributed by atoms with Crippen LogP contribution in [0.3, 0.4) is 0 Å². The zero-order chi connectivity index (χ0) is 21.3. The largest absolute Gasteiger partial charge is 0.445 e. The predicted octanol–water partition coefficient (Wildman–Crippen LogP) is 3.30. The number of aliphatic imine (C=N–C) groups is 1. The van der Waals surface area contributed by atoms with Gasteiger partial charge in [0.05, 0.1) is 18.0 Å². The van der Waals surface area contributed by atoms with E-state index in [1.165, 1.54) is 7.05 Å².